The molecule has 29 heavy (non-hydrogen) atoms. The largest absolute Gasteiger partial charge is 0.494 e. The van der Waals surface area contributed by atoms with Gasteiger partial charge in [-0.2, -0.15) is 0 Å². The summed E-state index contributed by atoms with van der Waals surface area (Å²) in [5.41, 5.74) is 3.00. The lowest BCUT2D eigenvalue weighted by molar-refractivity contribution is 0.102. The van der Waals surface area contributed by atoms with E-state index in [0.717, 1.165) is 29.2 Å². The molecule has 0 aromatic heterocycles. The second kappa shape index (κ2) is 10.9. The number of hydrogen-bond donors (Lipinski definition) is 2. The molecule has 0 radical (unpaired) electrons. The average Bonchev–Trinajstić information content (AvgIpc) is 2.75. The topological polar surface area (TPSA) is 50.4 Å². The van der Waals surface area contributed by atoms with E-state index < -0.39 is 0 Å². The zero-order chi connectivity index (χ0) is 20.3. The molecule has 0 atom stereocenters. The first-order valence-corrected chi connectivity index (χ1v) is 10.2. The van der Waals surface area contributed by atoms with Crippen molar-refractivity contribution in [2.45, 2.75) is 32.6 Å². The van der Waals surface area contributed by atoms with Crippen molar-refractivity contribution in [3.63, 3.8) is 0 Å². The quantitative estimate of drug-likeness (QED) is 0.383. The summed E-state index contributed by atoms with van der Waals surface area (Å²) in [6, 6.07) is 24.8. The monoisotopic (exact) mass is 388 g/mol. The first kappa shape index (κ1) is 20.5. The summed E-state index contributed by atoms with van der Waals surface area (Å²) in [6.45, 7) is 2.89. The molecule has 0 aliphatic carbocycles. The van der Waals surface area contributed by atoms with Gasteiger partial charge in [0.1, 0.15) is 5.75 Å². The lowest BCUT2D eigenvalue weighted by atomic mass is 10.1. The molecule has 0 unspecified atom stereocenters. The van der Waals surface area contributed by atoms with Crippen LogP contribution in [0.25, 0.3) is 0 Å². The Morgan fingerprint density at radius 3 is 2.41 bits per heavy atom. The highest BCUT2D eigenvalue weighted by atomic mass is 16.5. The number of rotatable bonds is 10. The maximum absolute atomic E-state index is 12.9. The highest BCUT2D eigenvalue weighted by molar-refractivity contribution is 6.08. The fraction of sp³-hybridized carbons (Fsp3) is 0.240. The van der Waals surface area contributed by atoms with Gasteiger partial charge in [-0.3, -0.25) is 4.79 Å². The van der Waals surface area contributed by atoms with Crippen LogP contribution in [-0.2, 0) is 0 Å². The molecule has 0 spiro atoms. The third-order valence-electron chi connectivity index (χ3n) is 4.58. The number of nitrogens with one attached hydrogen (secondary N) is 2. The number of ether oxygens (including phenoxy) is 1. The first-order chi connectivity index (χ1) is 14.3. The summed E-state index contributed by atoms with van der Waals surface area (Å²) >= 11 is 0. The second-order valence-electron chi connectivity index (χ2n) is 6.93. The van der Waals surface area contributed by atoms with E-state index in [0.29, 0.717) is 12.2 Å². The normalized spacial score (nSPS) is 10.4. The molecule has 0 heterocycles. The van der Waals surface area contributed by atoms with Gasteiger partial charge in [-0.25, -0.2) is 0 Å². The molecule has 3 aromatic rings. The number of unbranched alkanes of at least 4 members (excludes halogenated alkanes) is 3. The van der Waals surface area contributed by atoms with Crippen LogP contribution in [0.3, 0.4) is 0 Å². The van der Waals surface area contributed by atoms with Gasteiger partial charge in [0, 0.05) is 17.4 Å². The Morgan fingerprint density at radius 1 is 0.828 bits per heavy atom. The Labute approximate surface area is 172 Å². The summed E-state index contributed by atoms with van der Waals surface area (Å²) in [4.78, 5) is 12.9. The van der Waals surface area contributed by atoms with E-state index in [-0.39, 0.29) is 5.91 Å². The molecule has 0 aliphatic heterocycles. The number of anilines is 3. The minimum absolute atomic E-state index is 0.163. The van der Waals surface area contributed by atoms with Crippen LogP contribution in [0.4, 0.5) is 17.1 Å². The molecule has 0 aliphatic rings. The van der Waals surface area contributed by atoms with Crippen LogP contribution in [0.5, 0.6) is 5.75 Å². The van der Waals surface area contributed by atoms with E-state index >= 15 is 0 Å². The summed E-state index contributed by atoms with van der Waals surface area (Å²) in [6.07, 6.45) is 4.67. The van der Waals surface area contributed by atoms with Crippen molar-refractivity contribution in [1.82, 2.24) is 0 Å². The third kappa shape index (κ3) is 6.39. The van der Waals surface area contributed by atoms with Gasteiger partial charge in [0.25, 0.3) is 5.91 Å². The van der Waals surface area contributed by atoms with Crippen molar-refractivity contribution in [2.24, 2.45) is 0 Å². The van der Waals surface area contributed by atoms with Crippen molar-refractivity contribution in [2.75, 3.05) is 17.2 Å². The van der Waals surface area contributed by atoms with E-state index in [9.17, 15) is 4.79 Å². The summed E-state index contributed by atoms with van der Waals surface area (Å²) in [7, 11) is 0. The average molecular weight is 389 g/mol. The van der Waals surface area contributed by atoms with Gasteiger partial charge < -0.3 is 15.4 Å². The first-order valence-electron chi connectivity index (χ1n) is 10.2. The van der Waals surface area contributed by atoms with Crippen LogP contribution in [0.2, 0.25) is 0 Å². The van der Waals surface area contributed by atoms with Crippen LogP contribution in [0.15, 0.2) is 78.9 Å². The lowest BCUT2D eigenvalue weighted by Crippen LogP contribution is -2.14. The minimum atomic E-state index is -0.163. The highest BCUT2D eigenvalue weighted by Gasteiger charge is 2.12. The molecule has 4 heteroatoms. The molecule has 4 nitrogen and oxygen atoms in total. The van der Waals surface area contributed by atoms with Gasteiger partial charge in [0.2, 0.25) is 0 Å². The van der Waals surface area contributed by atoms with Crippen LogP contribution in [0.1, 0.15) is 43.0 Å². The molecule has 1 amide bonds. The number of carbonyl (C=O) groups is 1. The van der Waals surface area contributed by atoms with Crippen molar-refractivity contribution >= 4 is 23.0 Å². The molecule has 150 valence electrons. The van der Waals surface area contributed by atoms with Crippen LogP contribution in [-0.4, -0.2) is 12.5 Å². The van der Waals surface area contributed by atoms with E-state index in [1.807, 2.05) is 78.9 Å². The van der Waals surface area contributed by atoms with Gasteiger partial charge in [0.15, 0.2) is 0 Å². The van der Waals surface area contributed by atoms with Gasteiger partial charge in [-0.15, -0.1) is 0 Å². The maximum Gasteiger partial charge on any atom is 0.257 e. The van der Waals surface area contributed by atoms with Crippen LogP contribution >= 0.6 is 0 Å². The highest BCUT2D eigenvalue weighted by Crippen LogP contribution is 2.23. The number of benzene rings is 3. The number of hydrogen-bond acceptors (Lipinski definition) is 3. The Hall–Kier alpha value is -3.27. The maximum atomic E-state index is 12.9. The standard InChI is InChI=1S/C25H28N2O2/c1-2-3-4-10-18-29-22-15-11-14-21(19-22)27-25(28)23-16-8-9-17-24(23)26-20-12-6-5-7-13-20/h5-9,11-17,19,26H,2-4,10,18H2,1H3,(H,27,28). The number of para-hydroxylation sites is 2. The van der Waals surface area contributed by atoms with Gasteiger partial charge in [0.05, 0.1) is 17.9 Å². The minimum Gasteiger partial charge on any atom is -0.494 e. The summed E-state index contributed by atoms with van der Waals surface area (Å²) in [5.74, 6) is 0.610. The number of carbonyl (C=O) groups excluding carboxylic acids is 1. The van der Waals surface area contributed by atoms with Gasteiger partial charge in [-0.1, -0.05) is 62.6 Å². The smallest absolute Gasteiger partial charge is 0.257 e. The zero-order valence-electron chi connectivity index (χ0n) is 16.9. The van der Waals surface area contributed by atoms with Crippen molar-refractivity contribution in [1.29, 1.82) is 0 Å². The summed E-state index contributed by atoms with van der Waals surface area (Å²) in [5, 5.41) is 6.29. The molecule has 3 aromatic carbocycles. The second-order valence-corrected chi connectivity index (χ2v) is 6.93. The Bertz CT molecular complexity index is 909. The van der Waals surface area contributed by atoms with Gasteiger partial charge in [-0.05, 0) is 42.8 Å². The van der Waals surface area contributed by atoms with E-state index in [1.165, 1.54) is 19.3 Å². The Morgan fingerprint density at radius 2 is 1.59 bits per heavy atom. The molecule has 2 N–H and O–H groups in total. The van der Waals surface area contributed by atoms with E-state index in [4.69, 9.17) is 4.74 Å². The molecular formula is C25H28N2O2. The van der Waals surface area contributed by atoms with Crippen molar-refractivity contribution in [3.05, 3.63) is 84.4 Å². The molecule has 3 rings (SSSR count). The van der Waals surface area contributed by atoms with Crippen molar-refractivity contribution in [3.8, 4) is 5.75 Å². The van der Waals surface area contributed by atoms with Gasteiger partial charge >= 0.3 is 0 Å². The zero-order valence-corrected chi connectivity index (χ0v) is 16.9. The van der Waals surface area contributed by atoms with E-state index in [2.05, 4.69) is 17.6 Å². The lowest BCUT2D eigenvalue weighted by Gasteiger charge is -2.13. The van der Waals surface area contributed by atoms with Crippen LogP contribution in [0, 0.1) is 0 Å². The third-order valence-corrected chi connectivity index (χ3v) is 4.58. The molecular weight excluding hydrogens is 360 g/mol. The van der Waals surface area contributed by atoms with Crippen LogP contribution < -0.4 is 15.4 Å². The van der Waals surface area contributed by atoms with Crippen molar-refractivity contribution < 1.29 is 9.53 Å². The number of amides is 1. The SMILES string of the molecule is CCCCCCOc1cccc(NC(=O)c2ccccc2Nc2ccccc2)c1. The molecule has 0 saturated carbocycles. The fourth-order valence-corrected chi connectivity index (χ4v) is 3.05. The Balaban J connectivity index is 1.64. The molecule has 0 saturated heterocycles. The fourth-order valence-electron chi connectivity index (χ4n) is 3.05. The molecule has 0 fully saturated rings. The predicted octanol–water partition coefficient (Wildman–Crippen LogP) is 6.64. The molecule has 0 bridgehead atoms. The Kier molecular flexibility index (Phi) is 7.70. The van der Waals surface area contributed by atoms with E-state index in [1.54, 1.807) is 0 Å². The predicted molar refractivity (Wildman–Crippen MR) is 120 cm³/mol. The summed E-state index contributed by atoms with van der Waals surface area (Å²) < 4.78 is 5.82.